The van der Waals surface area contributed by atoms with Crippen LogP contribution in [0.2, 0.25) is 0 Å². The minimum atomic E-state index is -0.528. The van der Waals surface area contributed by atoms with Gasteiger partial charge in [0, 0.05) is 0 Å². The molecule has 4 fully saturated rings. The lowest BCUT2D eigenvalue weighted by Gasteiger charge is -2.62. The molecule has 0 aromatic rings. The predicted molar refractivity (Wildman–Crippen MR) is 121 cm³/mol. The molecule has 0 aliphatic heterocycles. The smallest absolute Gasteiger partial charge is 0.0622 e. The highest BCUT2D eigenvalue weighted by atomic mass is 16.3. The summed E-state index contributed by atoms with van der Waals surface area (Å²) in [4.78, 5) is 0. The van der Waals surface area contributed by atoms with Crippen molar-refractivity contribution < 1.29 is 10.2 Å². The molecule has 4 aliphatic rings. The first-order chi connectivity index (χ1) is 13.4. The molecule has 4 saturated carbocycles. The zero-order chi connectivity index (χ0) is 21.2. The highest BCUT2D eigenvalue weighted by molar-refractivity contribution is 5.10. The fourth-order valence-electron chi connectivity index (χ4n) is 9.19. The van der Waals surface area contributed by atoms with Crippen molar-refractivity contribution in [1.29, 1.82) is 0 Å². The molecule has 168 valence electrons. The van der Waals surface area contributed by atoms with E-state index in [1.165, 1.54) is 51.4 Å². The molecule has 2 heteroatoms. The van der Waals surface area contributed by atoms with Crippen molar-refractivity contribution in [2.45, 2.75) is 123 Å². The lowest BCUT2D eigenvalue weighted by molar-refractivity contribution is -0.148. The van der Waals surface area contributed by atoms with Crippen LogP contribution < -0.4 is 0 Å². The summed E-state index contributed by atoms with van der Waals surface area (Å²) in [6.45, 7) is 13.7. The van der Waals surface area contributed by atoms with Gasteiger partial charge in [-0.15, -0.1) is 0 Å². The van der Waals surface area contributed by atoms with Gasteiger partial charge in [-0.05, 0) is 138 Å². The Morgan fingerprint density at radius 1 is 0.897 bits per heavy atom. The molecule has 4 aliphatic carbocycles. The van der Waals surface area contributed by atoms with E-state index < -0.39 is 11.2 Å². The van der Waals surface area contributed by atoms with Gasteiger partial charge in [0.05, 0.1) is 11.2 Å². The Morgan fingerprint density at radius 2 is 1.59 bits per heavy atom. The zero-order valence-electron chi connectivity index (χ0n) is 20.1. The quantitative estimate of drug-likeness (QED) is 0.555. The van der Waals surface area contributed by atoms with Crippen molar-refractivity contribution in [3.05, 3.63) is 0 Å². The van der Waals surface area contributed by atoms with Gasteiger partial charge < -0.3 is 10.2 Å². The molecule has 0 aromatic carbocycles. The number of hydrogen-bond acceptors (Lipinski definition) is 2. The molecule has 0 amide bonds. The second-order valence-corrected chi connectivity index (χ2v) is 13.4. The standard InChI is InChI=1S/C27H48O2/c1-18(11-13-24(2,3)28)21-9-10-22-20-8-7-19-17-25(4,29)15-16-26(19,5)23(20)12-14-27(21,22)6/h18-23,28-29H,7-17H2,1-6H3. The van der Waals surface area contributed by atoms with Crippen LogP contribution in [-0.2, 0) is 0 Å². The Kier molecular flexibility index (Phi) is 5.51. The first-order valence-corrected chi connectivity index (χ1v) is 12.8. The van der Waals surface area contributed by atoms with Crippen LogP contribution in [0.15, 0.2) is 0 Å². The molecule has 0 radical (unpaired) electrons. The normalized spacial score (nSPS) is 51.1. The van der Waals surface area contributed by atoms with Crippen molar-refractivity contribution in [2.24, 2.45) is 46.3 Å². The summed E-state index contributed by atoms with van der Waals surface area (Å²) in [5.74, 6) is 5.03. The molecule has 0 spiro atoms. The summed E-state index contributed by atoms with van der Waals surface area (Å²) in [6.07, 6.45) is 13.8. The number of hydrogen-bond donors (Lipinski definition) is 2. The molecule has 4 rings (SSSR count). The van der Waals surface area contributed by atoms with E-state index in [-0.39, 0.29) is 0 Å². The first kappa shape index (κ1) is 22.1. The van der Waals surface area contributed by atoms with Crippen LogP contribution in [0, 0.1) is 46.3 Å². The first-order valence-electron chi connectivity index (χ1n) is 12.8. The minimum absolute atomic E-state index is 0.422. The maximum atomic E-state index is 10.7. The van der Waals surface area contributed by atoms with E-state index in [0.29, 0.717) is 10.8 Å². The van der Waals surface area contributed by atoms with Crippen molar-refractivity contribution in [2.75, 3.05) is 0 Å². The van der Waals surface area contributed by atoms with Gasteiger partial charge in [0.1, 0.15) is 0 Å². The third-order valence-electron chi connectivity index (χ3n) is 10.9. The summed E-state index contributed by atoms with van der Waals surface area (Å²) in [5, 5.41) is 20.9. The maximum Gasteiger partial charge on any atom is 0.0622 e. The summed E-state index contributed by atoms with van der Waals surface area (Å²) < 4.78 is 0. The average Bonchev–Trinajstić information content (AvgIpc) is 2.97. The second kappa shape index (κ2) is 7.22. The molecule has 9 unspecified atom stereocenters. The van der Waals surface area contributed by atoms with Gasteiger partial charge >= 0.3 is 0 Å². The molecule has 0 aromatic heterocycles. The van der Waals surface area contributed by atoms with Crippen LogP contribution in [-0.4, -0.2) is 21.4 Å². The van der Waals surface area contributed by atoms with Gasteiger partial charge in [0.2, 0.25) is 0 Å². The summed E-state index contributed by atoms with van der Waals surface area (Å²) >= 11 is 0. The minimum Gasteiger partial charge on any atom is -0.390 e. The summed E-state index contributed by atoms with van der Waals surface area (Å²) in [7, 11) is 0. The van der Waals surface area contributed by atoms with Crippen LogP contribution in [0.5, 0.6) is 0 Å². The number of rotatable bonds is 4. The van der Waals surface area contributed by atoms with E-state index >= 15 is 0 Å². The largest absolute Gasteiger partial charge is 0.390 e. The van der Waals surface area contributed by atoms with E-state index in [4.69, 9.17) is 0 Å². The van der Waals surface area contributed by atoms with Gasteiger partial charge in [-0.2, -0.15) is 0 Å². The highest BCUT2D eigenvalue weighted by Crippen LogP contribution is 2.68. The predicted octanol–water partition coefficient (Wildman–Crippen LogP) is 6.58. The summed E-state index contributed by atoms with van der Waals surface area (Å²) in [6, 6.07) is 0. The lowest BCUT2D eigenvalue weighted by atomic mass is 9.43. The Hall–Kier alpha value is -0.0800. The Labute approximate surface area is 180 Å². The van der Waals surface area contributed by atoms with E-state index in [2.05, 4.69) is 27.7 Å². The molecule has 2 nitrogen and oxygen atoms in total. The molecule has 29 heavy (non-hydrogen) atoms. The van der Waals surface area contributed by atoms with E-state index in [0.717, 1.165) is 54.8 Å². The third kappa shape index (κ3) is 3.84. The third-order valence-corrected chi connectivity index (χ3v) is 10.9. The topological polar surface area (TPSA) is 40.5 Å². The van der Waals surface area contributed by atoms with Crippen molar-refractivity contribution in [3.8, 4) is 0 Å². The molecule has 0 heterocycles. The lowest BCUT2D eigenvalue weighted by Crippen LogP contribution is -2.55. The number of fused-ring (bicyclic) bond motifs is 5. The fourth-order valence-corrected chi connectivity index (χ4v) is 9.19. The van der Waals surface area contributed by atoms with Gasteiger partial charge in [-0.3, -0.25) is 0 Å². The molecular weight excluding hydrogens is 356 g/mol. The van der Waals surface area contributed by atoms with Crippen molar-refractivity contribution >= 4 is 0 Å². The fraction of sp³-hybridized carbons (Fsp3) is 1.00. The van der Waals surface area contributed by atoms with Crippen LogP contribution >= 0.6 is 0 Å². The Balaban J connectivity index is 1.49. The summed E-state index contributed by atoms with van der Waals surface area (Å²) in [5.41, 5.74) is 0.0369. The molecular formula is C27H48O2. The highest BCUT2D eigenvalue weighted by Gasteiger charge is 2.61. The van der Waals surface area contributed by atoms with Gasteiger partial charge in [-0.1, -0.05) is 20.8 Å². The number of aliphatic hydroxyl groups is 2. The van der Waals surface area contributed by atoms with Crippen LogP contribution in [0.25, 0.3) is 0 Å². The molecule has 9 atom stereocenters. The maximum absolute atomic E-state index is 10.7. The average molecular weight is 405 g/mol. The van der Waals surface area contributed by atoms with E-state index in [1.54, 1.807) is 0 Å². The van der Waals surface area contributed by atoms with Crippen LogP contribution in [0.1, 0.15) is 112 Å². The zero-order valence-corrected chi connectivity index (χ0v) is 20.1. The molecule has 0 saturated heterocycles. The van der Waals surface area contributed by atoms with E-state index in [9.17, 15) is 10.2 Å². The SMILES string of the molecule is CC(CCC(C)(C)O)C1CCC2C3CCC4CC(C)(O)CCC4(C)C3CCC12C. The Bertz CT molecular complexity index is 604. The van der Waals surface area contributed by atoms with Crippen molar-refractivity contribution in [1.82, 2.24) is 0 Å². The molecule has 2 N–H and O–H groups in total. The van der Waals surface area contributed by atoms with Crippen molar-refractivity contribution in [3.63, 3.8) is 0 Å². The van der Waals surface area contributed by atoms with Gasteiger partial charge in [0.25, 0.3) is 0 Å². The van der Waals surface area contributed by atoms with Gasteiger partial charge in [-0.25, -0.2) is 0 Å². The van der Waals surface area contributed by atoms with Crippen LogP contribution in [0.3, 0.4) is 0 Å². The molecule has 0 bridgehead atoms. The monoisotopic (exact) mass is 404 g/mol. The second-order valence-electron chi connectivity index (χ2n) is 13.4. The van der Waals surface area contributed by atoms with E-state index in [1.807, 2.05) is 13.8 Å². The van der Waals surface area contributed by atoms with Gasteiger partial charge in [0.15, 0.2) is 0 Å². The van der Waals surface area contributed by atoms with Crippen LogP contribution in [0.4, 0.5) is 0 Å². The Morgan fingerprint density at radius 3 is 2.28 bits per heavy atom.